The highest BCUT2D eigenvalue weighted by molar-refractivity contribution is 6.30. The van der Waals surface area contributed by atoms with E-state index in [4.69, 9.17) is 16.3 Å². The normalized spacial score (nSPS) is 14.4. The van der Waals surface area contributed by atoms with Crippen LogP contribution in [0.5, 0.6) is 5.75 Å². The van der Waals surface area contributed by atoms with Gasteiger partial charge in [0.15, 0.2) is 11.6 Å². The van der Waals surface area contributed by atoms with Crippen molar-refractivity contribution < 1.29 is 9.53 Å². The molecule has 7 heteroatoms. The van der Waals surface area contributed by atoms with E-state index in [1.54, 1.807) is 23.8 Å². The van der Waals surface area contributed by atoms with Crippen molar-refractivity contribution in [3.8, 4) is 17.1 Å². The maximum absolute atomic E-state index is 13.3. The molecular weight excluding hydrogens is 438 g/mol. The number of ether oxygens (including phenoxy) is 1. The molecule has 1 aliphatic rings. The van der Waals surface area contributed by atoms with Crippen molar-refractivity contribution in [1.29, 1.82) is 0 Å². The molecule has 0 spiro atoms. The van der Waals surface area contributed by atoms with Crippen LogP contribution in [0.15, 0.2) is 53.3 Å². The topological polar surface area (TPSA) is 66.1 Å². The second kappa shape index (κ2) is 10.8. The van der Waals surface area contributed by atoms with Crippen LogP contribution in [0.25, 0.3) is 11.4 Å². The molecule has 33 heavy (non-hydrogen) atoms. The Hall–Kier alpha value is -2.86. The molecule has 0 amide bonds. The summed E-state index contributed by atoms with van der Waals surface area (Å²) >= 11 is 6.06. The minimum absolute atomic E-state index is 0.0232. The fraction of sp³-hybridized carbons (Fsp3) is 0.423. The Balaban J connectivity index is 1.53. The average molecular weight is 468 g/mol. The lowest BCUT2D eigenvalue weighted by Crippen LogP contribution is -2.30. The van der Waals surface area contributed by atoms with Crippen molar-refractivity contribution >= 4 is 17.4 Å². The second-order valence-corrected chi connectivity index (χ2v) is 9.21. The maximum atomic E-state index is 13.3. The van der Waals surface area contributed by atoms with E-state index in [-0.39, 0.29) is 18.0 Å². The number of nitrogens with zero attached hydrogens (tertiary/aromatic N) is 3. The summed E-state index contributed by atoms with van der Waals surface area (Å²) in [5, 5.41) is 5.21. The van der Waals surface area contributed by atoms with Gasteiger partial charge in [0.25, 0.3) is 0 Å². The van der Waals surface area contributed by atoms with Gasteiger partial charge >= 0.3 is 5.69 Å². The summed E-state index contributed by atoms with van der Waals surface area (Å²) in [6.45, 7) is 0.607. The van der Waals surface area contributed by atoms with Crippen molar-refractivity contribution in [3.63, 3.8) is 0 Å². The van der Waals surface area contributed by atoms with Gasteiger partial charge in [0.2, 0.25) is 0 Å². The number of carbonyl (C=O) groups is 1. The zero-order valence-corrected chi connectivity index (χ0v) is 19.8. The van der Waals surface area contributed by atoms with Crippen LogP contribution in [0.2, 0.25) is 5.02 Å². The van der Waals surface area contributed by atoms with Crippen LogP contribution in [0, 0.1) is 5.92 Å². The Morgan fingerprint density at radius 1 is 1.12 bits per heavy atom. The van der Waals surface area contributed by atoms with Gasteiger partial charge in [-0.25, -0.2) is 9.48 Å². The number of halogens is 1. The summed E-state index contributed by atoms with van der Waals surface area (Å²) in [6, 6.07) is 15.0. The van der Waals surface area contributed by atoms with Crippen LogP contribution in [0.4, 0.5) is 0 Å². The first-order chi connectivity index (χ1) is 16.0. The number of hydrogen-bond acceptors (Lipinski definition) is 4. The minimum atomic E-state index is -0.222. The van der Waals surface area contributed by atoms with Crippen molar-refractivity contribution in [3.05, 3.63) is 69.6 Å². The highest BCUT2D eigenvalue weighted by Crippen LogP contribution is 2.27. The Labute approximate surface area is 199 Å². The van der Waals surface area contributed by atoms with Gasteiger partial charge in [-0.1, -0.05) is 43.0 Å². The largest absolute Gasteiger partial charge is 0.497 e. The van der Waals surface area contributed by atoms with E-state index in [0.29, 0.717) is 36.2 Å². The molecule has 0 unspecified atom stereocenters. The molecule has 0 aliphatic heterocycles. The summed E-state index contributed by atoms with van der Waals surface area (Å²) in [7, 11) is 1.62. The maximum Gasteiger partial charge on any atom is 0.346 e. The highest BCUT2D eigenvalue weighted by atomic mass is 35.5. The molecule has 3 aromatic rings. The van der Waals surface area contributed by atoms with E-state index in [2.05, 4.69) is 5.10 Å². The number of carbonyl (C=O) groups excluding carboxylic acids is 1. The molecule has 4 rings (SSSR count). The Kier molecular flexibility index (Phi) is 7.65. The van der Waals surface area contributed by atoms with Gasteiger partial charge < -0.3 is 4.74 Å². The number of benzene rings is 2. The lowest BCUT2D eigenvalue weighted by atomic mass is 9.89. The quantitative estimate of drug-likeness (QED) is 0.436. The molecule has 1 aliphatic carbocycles. The zero-order chi connectivity index (χ0) is 23.2. The number of aromatic nitrogens is 3. The predicted molar refractivity (Wildman–Crippen MR) is 130 cm³/mol. The fourth-order valence-corrected chi connectivity index (χ4v) is 4.63. The van der Waals surface area contributed by atoms with Crippen LogP contribution in [0.3, 0.4) is 0 Å². The average Bonchev–Trinajstić information content (AvgIpc) is 3.14. The van der Waals surface area contributed by atoms with Crippen molar-refractivity contribution in [2.75, 3.05) is 7.11 Å². The summed E-state index contributed by atoms with van der Waals surface area (Å²) in [4.78, 5) is 26.0. The molecule has 1 saturated carbocycles. The molecule has 1 heterocycles. The van der Waals surface area contributed by atoms with Crippen LogP contribution in [-0.4, -0.2) is 27.2 Å². The molecule has 174 valence electrons. The van der Waals surface area contributed by atoms with Crippen LogP contribution < -0.4 is 10.4 Å². The van der Waals surface area contributed by atoms with Gasteiger partial charge in [-0.15, -0.1) is 5.10 Å². The lowest BCUT2D eigenvalue weighted by molar-refractivity contribution is -0.119. The van der Waals surface area contributed by atoms with Crippen molar-refractivity contribution in [1.82, 2.24) is 14.3 Å². The molecule has 0 bridgehead atoms. The molecule has 6 nitrogen and oxygen atoms in total. The van der Waals surface area contributed by atoms with E-state index in [1.807, 2.05) is 36.4 Å². The molecule has 2 aromatic carbocycles. The first-order valence-corrected chi connectivity index (χ1v) is 12.0. The Morgan fingerprint density at radius 2 is 1.88 bits per heavy atom. The first kappa shape index (κ1) is 23.3. The van der Waals surface area contributed by atoms with Gasteiger partial charge in [-0.3, -0.25) is 9.36 Å². The Bertz CT molecular complexity index is 1140. The predicted octanol–water partition coefficient (Wildman–Crippen LogP) is 5.16. The Morgan fingerprint density at radius 3 is 2.61 bits per heavy atom. The van der Waals surface area contributed by atoms with Crippen LogP contribution in [0.1, 0.15) is 44.1 Å². The molecule has 0 radical (unpaired) electrons. The summed E-state index contributed by atoms with van der Waals surface area (Å²) in [5.74, 6) is 1.81. The number of methoxy groups -OCH3 is 1. The fourth-order valence-electron chi connectivity index (χ4n) is 4.51. The molecule has 1 fully saturated rings. The number of rotatable bonds is 9. The van der Waals surface area contributed by atoms with E-state index in [1.165, 1.54) is 23.9 Å². The standard InChI is InChI=1S/C26H30ClN3O3/c1-33-24-9-5-8-19(16-24)10-15-23(31)18-30-26(32)29(17-20-6-3-2-4-7-20)25(28-30)21-11-13-22(27)14-12-21/h5,8-9,11-14,16,20H,2-4,6-7,10,15,17-18H2,1H3. The zero-order valence-electron chi connectivity index (χ0n) is 19.0. The third-order valence-corrected chi connectivity index (χ3v) is 6.60. The third kappa shape index (κ3) is 5.93. The minimum Gasteiger partial charge on any atom is -0.497 e. The third-order valence-electron chi connectivity index (χ3n) is 6.34. The number of ketones is 1. The number of hydrogen-bond donors (Lipinski definition) is 0. The monoisotopic (exact) mass is 467 g/mol. The second-order valence-electron chi connectivity index (χ2n) is 8.78. The number of Topliss-reactive ketones (excluding diaryl/α,β-unsaturated/α-hetero) is 1. The van der Waals surface area contributed by atoms with Gasteiger partial charge in [0.1, 0.15) is 12.3 Å². The molecule has 0 saturated heterocycles. The SMILES string of the molecule is COc1cccc(CCC(=O)Cn2nc(-c3ccc(Cl)cc3)n(CC3CCCCC3)c2=O)c1. The summed E-state index contributed by atoms with van der Waals surface area (Å²) in [5.41, 5.74) is 1.63. The molecule has 0 atom stereocenters. The van der Waals surface area contributed by atoms with Gasteiger partial charge in [-0.2, -0.15) is 0 Å². The van der Waals surface area contributed by atoms with Crippen LogP contribution in [-0.2, 0) is 24.3 Å². The molecule has 1 aromatic heterocycles. The van der Waals surface area contributed by atoms with E-state index < -0.39 is 0 Å². The lowest BCUT2D eigenvalue weighted by Gasteiger charge is -2.22. The van der Waals surface area contributed by atoms with Gasteiger partial charge in [0, 0.05) is 23.6 Å². The first-order valence-electron chi connectivity index (χ1n) is 11.6. The van der Waals surface area contributed by atoms with E-state index in [0.717, 1.165) is 29.7 Å². The number of aryl methyl sites for hydroxylation is 1. The van der Waals surface area contributed by atoms with E-state index in [9.17, 15) is 9.59 Å². The van der Waals surface area contributed by atoms with Crippen LogP contribution >= 0.6 is 11.6 Å². The highest BCUT2D eigenvalue weighted by Gasteiger charge is 2.21. The molecular formula is C26H30ClN3O3. The summed E-state index contributed by atoms with van der Waals surface area (Å²) < 4.78 is 8.31. The van der Waals surface area contributed by atoms with Crippen molar-refractivity contribution in [2.24, 2.45) is 5.92 Å². The summed E-state index contributed by atoms with van der Waals surface area (Å²) in [6.07, 6.45) is 6.84. The van der Waals surface area contributed by atoms with E-state index >= 15 is 0 Å². The smallest absolute Gasteiger partial charge is 0.346 e. The molecule has 0 N–H and O–H groups in total. The van der Waals surface area contributed by atoms with Gasteiger partial charge in [0.05, 0.1) is 7.11 Å². The van der Waals surface area contributed by atoms with Gasteiger partial charge in [-0.05, 0) is 67.1 Å². The van der Waals surface area contributed by atoms with Crippen molar-refractivity contribution in [2.45, 2.75) is 58.0 Å².